The average molecular weight is 276 g/mol. The van der Waals surface area contributed by atoms with Gasteiger partial charge in [-0.1, -0.05) is 13.3 Å². The van der Waals surface area contributed by atoms with Crippen LogP contribution in [0.1, 0.15) is 55.9 Å². The van der Waals surface area contributed by atoms with Crippen molar-refractivity contribution < 1.29 is 4.79 Å². The molecule has 0 aromatic carbocycles. The number of anilines is 1. The van der Waals surface area contributed by atoms with E-state index in [-0.39, 0.29) is 5.91 Å². The smallest absolute Gasteiger partial charge is 0.274 e. The maximum absolute atomic E-state index is 12.7. The first-order valence-corrected chi connectivity index (χ1v) is 7.91. The molecule has 2 aliphatic rings. The lowest BCUT2D eigenvalue weighted by Gasteiger charge is -2.35. The first kappa shape index (κ1) is 13.5. The van der Waals surface area contributed by atoms with Gasteiger partial charge in [0.1, 0.15) is 5.69 Å². The van der Waals surface area contributed by atoms with Crippen molar-refractivity contribution >= 4 is 11.9 Å². The number of carbonyl (C=O) groups excluding carboxylic acids is 1. The van der Waals surface area contributed by atoms with Crippen molar-refractivity contribution in [2.45, 2.75) is 58.0 Å². The Morgan fingerprint density at radius 2 is 2.30 bits per heavy atom. The summed E-state index contributed by atoms with van der Waals surface area (Å²) in [7, 11) is 0. The number of imidazole rings is 1. The van der Waals surface area contributed by atoms with E-state index in [4.69, 9.17) is 0 Å². The Balaban J connectivity index is 1.78. The van der Waals surface area contributed by atoms with Crippen LogP contribution in [0, 0.1) is 0 Å². The van der Waals surface area contributed by atoms with Gasteiger partial charge in [0, 0.05) is 31.9 Å². The first-order chi connectivity index (χ1) is 9.79. The van der Waals surface area contributed by atoms with Crippen LogP contribution in [0.15, 0.2) is 6.20 Å². The Hall–Kier alpha value is -1.52. The van der Waals surface area contributed by atoms with E-state index >= 15 is 0 Å². The third-order valence-electron chi connectivity index (χ3n) is 4.36. The number of likely N-dealkylation sites (tertiary alicyclic amines) is 1. The largest absolute Gasteiger partial charge is 0.356 e. The van der Waals surface area contributed by atoms with Gasteiger partial charge in [-0.25, -0.2) is 4.98 Å². The van der Waals surface area contributed by atoms with Crippen LogP contribution in [-0.2, 0) is 6.54 Å². The average Bonchev–Trinajstić information content (AvgIpc) is 2.91. The number of rotatable bonds is 3. The van der Waals surface area contributed by atoms with Crippen LogP contribution in [0.2, 0.25) is 0 Å². The lowest BCUT2D eigenvalue weighted by atomic mass is 9.98. The zero-order valence-corrected chi connectivity index (χ0v) is 12.3. The molecule has 3 rings (SSSR count). The molecule has 1 saturated heterocycles. The minimum Gasteiger partial charge on any atom is -0.356 e. The van der Waals surface area contributed by atoms with E-state index < -0.39 is 0 Å². The molecule has 0 aliphatic carbocycles. The molecule has 1 atom stereocenters. The molecule has 20 heavy (non-hydrogen) atoms. The van der Waals surface area contributed by atoms with Crippen molar-refractivity contribution in [3.8, 4) is 0 Å². The van der Waals surface area contributed by atoms with Crippen molar-refractivity contribution in [3.05, 3.63) is 11.9 Å². The number of hydrogen-bond donors (Lipinski definition) is 1. The molecule has 0 spiro atoms. The summed E-state index contributed by atoms with van der Waals surface area (Å²) >= 11 is 0. The molecule has 1 N–H and O–H groups in total. The van der Waals surface area contributed by atoms with Crippen molar-refractivity contribution in [3.63, 3.8) is 0 Å². The zero-order chi connectivity index (χ0) is 13.9. The topological polar surface area (TPSA) is 50.2 Å². The second kappa shape index (κ2) is 5.85. The van der Waals surface area contributed by atoms with Gasteiger partial charge in [-0.15, -0.1) is 0 Å². The fourth-order valence-electron chi connectivity index (χ4n) is 3.33. The van der Waals surface area contributed by atoms with E-state index in [2.05, 4.69) is 26.7 Å². The number of fused-ring (bicyclic) bond motifs is 1. The summed E-state index contributed by atoms with van der Waals surface area (Å²) in [5.74, 6) is 0.968. The fraction of sp³-hybridized carbons (Fsp3) is 0.733. The van der Waals surface area contributed by atoms with Gasteiger partial charge in [0.2, 0.25) is 5.95 Å². The summed E-state index contributed by atoms with van der Waals surface area (Å²) < 4.78 is 2.06. The number of amides is 1. The van der Waals surface area contributed by atoms with Crippen LogP contribution in [0.4, 0.5) is 5.95 Å². The van der Waals surface area contributed by atoms with Gasteiger partial charge in [0.15, 0.2) is 0 Å². The van der Waals surface area contributed by atoms with E-state index in [1.165, 1.54) is 6.42 Å². The molecule has 5 heteroatoms. The van der Waals surface area contributed by atoms with Crippen LogP contribution in [0.5, 0.6) is 0 Å². The molecular weight excluding hydrogens is 252 g/mol. The molecule has 1 aromatic rings. The molecule has 0 saturated carbocycles. The van der Waals surface area contributed by atoms with Gasteiger partial charge in [-0.3, -0.25) is 4.79 Å². The monoisotopic (exact) mass is 276 g/mol. The van der Waals surface area contributed by atoms with Crippen LogP contribution in [0.3, 0.4) is 0 Å². The number of carbonyl (C=O) groups is 1. The highest BCUT2D eigenvalue weighted by Crippen LogP contribution is 2.24. The lowest BCUT2D eigenvalue weighted by Crippen LogP contribution is -2.43. The number of aromatic nitrogens is 2. The summed E-state index contributed by atoms with van der Waals surface area (Å²) in [5, 5.41) is 3.26. The molecule has 3 heterocycles. The Kier molecular flexibility index (Phi) is 3.94. The minimum atomic E-state index is 0.117. The van der Waals surface area contributed by atoms with E-state index in [1.807, 2.05) is 6.20 Å². The van der Waals surface area contributed by atoms with Gasteiger partial charge in [0.25, 0.3) is 5.91 Å². The van der Waals surface area contributed by atoms with Gasteiger partial charge in [-0.2, -0.15) is 0 Å². The summed E-state index contributed by atoms with van der Waals surface area (Å²) in [5.41, 5.74) is 0.609. The van der Waals surface area contributed by atoms with Gasteiger partial charge < -0.3 is 14.8 Å². The van der Waals surface area contributed by atoms with E-state index in [9.17, 15) is 4.79 Å². The number of aryl methyl sites for hydroxylation is 1. The highest BCUT2D eigenvalue weighted by atomic mass is 16.2. The molecule has 110 valence electrons. The normalized spacial score (nSPS) is 22.2. The quantitative estimate of drug-likeness (QED) is 0.922. The molecular formula is C15H24N4O. The van der Waals surface area contributed by atoms with Crippen LogP contribution < -0.4 is 5.32 Å². The number of hydrogen-bond acceptors (Lipinski definition) is 3. The fourth-order valence-corrected chi connectivity index (χ4v) is 3.33. The Labute approximate surface area is 120 Å². The number of nitrogens with zero attached hydrogens (tertiary/aromatic N) is 3. The van der Waals surface area contributed by atoms with Crippen molar-refractivity contribution in [2.24, 2.45) is 0 Å². The lowest BCUT2D eigenvalue weighted by molar-refractivity contribution is 0.0595. The Morgan fingerprint density at radius 3 is 3.10 bits per heavy atom. The van der Waals surface area contributed by atoms with Crippen molar-refractivity contribution in [1.82, 2.24) is 14.5 Å². The standard InChI is InChI=1S/C15H24N4O/c1-2-6-12-7-3-4-10-19(12)14(20)13-11-18-9-5-8-16-15(18)17-13/h11-12H,2-10H2,1H3,(H,16,17). The molecule has 0 radical (unpaired) electrons. The molecule has 0 bridgehead atoms. The van der Waals surface area contributed by atoms with E-state index in [0.29, 0.717) is 11.7 Å². The predicted octanol–water partition coefficient (Wildman–Crippen LogP) is 2.49. The van der Waals surface area contributed by atoms with Gasteiger partial charge in [0.05, 0.1) is 0 Å². The van der Waals surface area contributed by atoms with Crippen LogP contribution >= 0.6 is 0 Å². The van der Waals surface area contributed by atoms with Gasteiger partial charge >= 0.3 is 0 Å². The summed E-state index contributed by atoms with van der Waals surface area (Å²) in [4.78, 5) is 19.3. The summed E-state index contributed by atoms with van der Waals surface area (Å²) in [6.45, 7) is 4.99. The Bertz CT molecular complexity index is 457. The second-order valence-electron chi connectivity index (χ2n) is 5.86. The van der Waals surface area contributed by atoms with E-state index in [1.54, 1.807) is 0 Å². The number of nitrogens with one attached hydrogen (secondary N) is 1. The van der Waals surface area contributed by atoms with Crippen LogP contribution in [0.25, 0.3) is 0 Å². The summed E-state index contributed by atoms with van der Waals surface area (Å²) in [6, 6.07) is 0.410. The molecule has 1 aromatic heterocycles. The molecule has 5 nitrogen and oxygen atoms in total. The Morgan fingerprint density at radius 1 is 1.40 bits per heavy atom. The first-order valence-electron chi connectivity index (χ1n) is 7.91. The third-order valence-corrected chi connectivity index (χ3v) is 4.36. The molecule has 2 aliphatic heterocycles. The van der Waals surface area contributed by atoms with Crippen molar-refractivity contribution in [2.75, 3.05) is 18.4 Å². The second-order valence-corrected chi connectivity index (χ2v) is 5.86. The summed E-state index contributed by atoms with van der Waals surface area (Å²) in [6.07, 6.45) is 8.77. The predicted molar refractivity (Wildman–Crippen MR) is 78.9 cm³/mol. The molecule has 1 fully saturated rings. The molecule has 1 amide bonds. The maximum Gasteiger partial charge on any atom is 0.274 e. The van der Waals surface area contributed by atoms with E-state index in [0.717, 1.165) is 57.7 Å². The number of piperidine rings is 1. The zero-order valence-electron chi connectivity index (χ0n) is 12.3. The highest BCUT2D eigenvalue weighted by Gasteiger charge is 2.29. The van der Waals surface area contributed by atoms with Gasteiger partial charge in [-0.05, 0) is 32.1 Å². The highest BCUT2D eigenvalue weighted by molar-refractivity contribution is 5.93. The SMILES string of the molecule is CCCC1CCCCN1C(=O)c1cn2c(n1)NCCC2. The molecule has 1 unspecified atom stereocenters. The van der Waals surface area contributed by atoms with Crippen LogP contribution in [-0.4, -0.2) is 39.5 Å². The minimum absolute atomic E-state index is 0.117. The third kappa shape index (κ3) is 2.53. The maximum atomic E-state index is 12.7. The van der Waals surface area contributed by atoms with Crippen molar-refractivity contribution in [1.29, 1.82) is 0 Å².